The zero-order valence-corrected chi connectivity index (χ0v) is 13.8. The number of aliphatic hydroxyl groups is 2. The summed E-state index contributed by atoms with van der Waals surface area (Å²) in [4.78, 5) is 0. The number of aryl methyl sites for hydroxylation is 1. The maximum Gasteiger partial charge on any atom is 0.119 e. The van der Waals surface area contributed by atoms with Crippen molar-refractivity contribution in [2.45, 2.75) is 58.3 Å². The Kier molecular flexibility index (Phi) is 6.20. The predicted octanol–water partition coefficient (Wildman–Crippen LogP) is 2.13. The van der Waals surface area contributed by atoms with Gasteiger partial charge in [-0.2, -0.15) is 0 Å². The van der Waals surface area contributed by atoms with Crippen LogP contribution in [0, 0.1) is 0 Å². The van der Waals surface area contributed by atoms with E-state index in [2.05, 4.69) is 18.3 Å². The van der Waals surface area contributed by atoms with E-state index in [-0.39, 0.29) is 6.61 Å². The molecular weight excluding hydrogens is 266 g/mol. The Morgan fingerprint density at radius 2 is 1.90 bits per heavy atom. The molecule has 4 nitrogen and oxygen atoms in total. The van der Waals surface area contributed by atoms with Gasteiger partial charge in [-0.05, 0) is 51.8 Å². The average molecular weight is 295 g/mol. The van der Waals surface area contributed by atoms with Crippen LogP contribution in [-0.4, -0.2) is 40.6 Å². The summed E-state index contributed by atoms with van der Waals surface area (Å²) < 4.78 is 5.61. The van der Waals surface area contributed by atoms with Crippen molar-refractivity contribution in [3.05, 3.63) is 29.8 Å². The van der Waals surface area contributed by atoms with Gasteiger partial charge in [0, 0.05) is 12.1 Å². The van der Waals surface area contributed by atoms with E-state index < -0.39 is 17.2 Å². The number of β-amino-alcohol motifs (C(OH)–C–C–N with tert-alkyl or cyclic N) is 1. The molecule has 0 saturated carbocycles. The number of hydrogen-bond donors (Lipinski definition) is 3. The first-order chi connectivity index (χ1) is 9.65. The summed E-state index contributed by atoms with van der Waals surface area (Å²) >= 11 is 0. The Morgan fingerprint density at radius 1 is 1.24 bits per heavy atom. The highest BCUT2D eigenvalue weighted by molar-refractivity contribution is 5.28. The Hall–Kier alpha value is -1.10. The number of hydrogen-bond acceptors (Lipinski definition) is 4. The monoisotopic (exact) mass is 295 g/mol. The first-order valence-electron chi connectivity index (χ1n) is 7.53. The van der Waals surface area contributed by atoms with Gasteiger partial charge in [0.15, 0.2) is 0 Å². The summed E-state index contributed by atoms with van der Waals surface area (Å²) in [5, 5.41) is 23.2. The Bertz CT molecular complexity index is 438. The smallest absolute Gasteiger partial charge is 0.119 e. The third-order valence-electron chi connectivity index (χ3n) is 4.06. The second-order valence-corrected chi connectivity index (χ2v) is 6.53. The van der Waals surface area contributed by atoms with Crippen LogP contribution in [0.3, 0.4) is 0 Å². The van der Waals surface area contributed by atoms with Gasteiger partial charge < -0.3 is 20.3 Å². The maximum atomic E-state index is 10.0. The quantitative estimate of drug-likeness (QED) is 0.687. The highest BCUT2D eigenvalue weighted by Gasteiger charge is 2.34. The molecular formula is C17H29NO3. The van der Waals surface area contributed by atoms with Gasteiger partial charge in [-0.25, -0.2) is 0 Å². The van der Waals surface area contributed by atoms with Gasteiger partial charge >= 0.3 is 0 Å². The first-order valence-corrected chi connectivity index (χ1v) is 7.53. The van der Waals surface area contributed by atoms with Crippen LogP contribution in [0.5, 0.6) is 5.75 Å². The molecule has 3 N–H and O–H groups in total. The summed E-state index contributed by atoms with van der Waals surface area (Å²) in [5.74, 6) is 0.773. The van der Waals surface area contributed by atoms with Crippen molar-refractivity contribution in [3.8, 4) is 5.75 Å². The minimum Gasteiger partial charge on any atom is -0.491 e. The highest BCUT2D eigenvalue weighted by Crippen LogP contribution is 2.20. The molecule has 0 saturated heterocycles. The van der Waals surface area contributed by atoms with Crippen molar-refractivity contribution in [1.82, 2.24) is 5.32 Å². The van der Waals surface area contributed by atoms with E-state index in [1.54, 1.807) is 13.8 Å². The highest BCUT2D eigenvalue weighted by atomic mass is 16.5. The van der Waals surface area contributed by atoms with E-state index in [0.29, 0.717) is 6.54 Å². The number of aliphatic hydroxyl groups excluding tert-OH is 1. The fourth-order valence-electron chi connectivity index (χ4n) is 1.70. The van der Waals surface area contributed by atoms with Crippen LogP contribution in [0.2, 0.25) is 0 Å². The topological polar surface area (TPSA) is 61.7 Å². The van der Waals surface area contributed by atoms with Gasteiger partial charge in [0.2, 0.25) is 0 Å². The maximum absolute atomic E-state index is 10.0. The van der Waals surface area contributed by atoms with Crippen molar-refractivity contribution in [1.29, 1.82) is 0 Å². The molecule has 0 aliphatic rings. The van der Waals surface area contributed by atoms with Crippen LogP contribution in [-0.2, 0) is 6.42 Å². The second kappa shape index (κ2) is 7.25. The lowest BCUT2D eigenvalue weighted by atomic mass is 9.86. The third kappa shape index (κ3) is 5.65. The molecule has 0 aliphatic carbocycles. The van der Waals surface area contributed by atoms with Gasteiger partial charge in [0.25, 0.3) is 0 Å². The molecule has 0 bridgehead atoms. The first kappa shape index (κ1) is 18.0. The largest absolute Gasteiger partial charge is 0.491 e. The van der Waals surface area contributed by atoms with E-state index in [0.717, 1.165) is 12.2 Å². The van der Waals surface area contributed by atoms with Gasteiger partial charge in [-0.15, -0.1) is 0 Å². The molecule has 1 aromatic carbocycles. The van der Waals surface area contributed by atoms with Gasteiger partial charge in [-0.3, -0.25) is 0 Å². The van der Waals surface area contributed by atoms with E-state index in [4.69, 9.17) is 4.74 Å². The van der Waals surface area contributed by atoms with Gasteiger partial charge in [0.1, 0.15) is 18.5 Å². The predicted molar refractivity (Wildman–Crippen MR) is 85.7 cm³/mol. The summed E-state index contributed by atoms with van der Waals surface area (Å²) in [6.45, 7) is 10.00. The lowest BCUT2D eigenvalue weighted by molar-refractivity contribution is -0.0120. The molecule has 0 aliphatic heterocycles. The lowest BCUT2D eigenvalue weighted by Gasteiger charge is -2.38. The summed E-state index contributed by atoms with van der Waals surface area (Å²) in [5.41, 5.74) is -0.151. The molecule has 0 heterocycles. The van der Waals surface area contributed by atoms with Crippen LogP contribution >= 0.6 is 0 Å². The second-order valence-electron chi connectivity index (χ2n) is 6.53. The molecule has 120 valence electrons. The van der Waals surface area contributed by atoms with Crippen molar-refractivity contribution in [3.63, 3.8) is 0 Å². The molecule has 4 heteroatoms. The van der Waals surface area contributed by atoms with Crippen LogP contribution in [0.25, 0.3) is 0 Å². The number of rotatable bonds is 8. The van der Waals surface area contributed by atoms with E-state index >= 15 is 0 Å². The molecule has 1 rings (SSSR count). The Balaban J connectivity index is 2.42. The van der Waals surface area contributed by atoms with Crippen LogP contribution in [0.1, 0.15) is 40.2 Å². The minimum atomic E-state index is -0.872. The zero-order chi connectivity index (χ0) is 16.1. The summed E-state index contributed by atoms with van der Waals surface area (Å²) in [6, 6.07) is 7.88. The van der Waals surface area contributed by atoms with Gasteiger partial charge in [0.05, 0.1) is 5.60 Å². The molecule has 0 amide bonds. The van der Waals surface area contributed by atoms with Crippen LogP contribution < -0.4 is 10.1 Å². The van der Waals surface area contributed by atoms with Crippen molar-refractivity contribution >= 4 is 0 Å². The SMILES string of the molecule is CCc1cccc(OCC(O)CNC(C)(C)C(C)(C)O)c1. The Labute approximate surface area is 128 Å². The minimum absolute atomic E-state index is 0.224. The Morgan fingerprint density at radius 3 is 2.48 bits per heavy atom. The number of benzene rings is 1. The van der Waals surface area contributed by atoms with Crippen molar-refractivity contribution in [2.24, 2.45) is 0 Å². The lowest BCUT2D eigenvalue weighted by Crippen LogP contribution is -2.57. The molecule has 0 aromatic heterocycles. The fourth-order valence-corrected chi connectivity index (χ4v) is 1.70. The van der Waals surface area contributed by atoms with Crippen molar-refractivity contribution < 1.29 is 14.9 Å². The standard InChI is InChI=1S/C17H29NO3/c1-6-13-8-7-9-15(10-13)21-12-14(19)11-18-16(2,3)17(4,5)20/h7-10,14,18-20H,6,11-12H2,1-5H3. The summed E-state index contributed by atoms with van der Waals surface area (Å²) in [7, 11) is 0. The third-order valence-corrected chi connectivity index (χ3v) is 4.06. The number of nitrogens with one attached hydrogen (secondary N) is 1. The molecule has 1 atom stereocenters. The van der Waals surface area contributed by atoms with E-state index in [1.165, 1.54) is 5.56 Å². The molecule has 0 fully saturated rings. The number of ether oxygens (including phenoxy) is 1. The average Bonchev–Trinajstić information content (AvgIpc) is 2.42. The van der Waals surface area contributed by atoms with E-state index in [9.17, 15) is 10.2 Å². The van der Waals surface area contributed by atoms with E-state index in [1.807, 2.05) is 32.0 Å². The molecule has 21 heavy (non-hydrogen) atoms. The molecule has 1 aromatic rings. The van der Waals surface area contributed by atoms with Crippen molar-refractivity contribution in [2.75, 3.05) is 13.2 Å². The normalized spacial score (nSPS) is 14.0. The molecule has 1 unspecified atom stereocenters. The van der Waals surface area contributed by atoms with Crippen LogP contribution in [0.4, 0.5) is 0 Å². The molecule has 0 spiro atoms. The van der Waals surface area contributed by atoms with Crippen LogP contribution in [0.15, 0.2) is 24.3 Å². The summed E-state index contributed by atoms with van der Waals surface area (Å²) in [6.07, 6.45) is 0.332. The molecule has 0 radical (unpaired) electrons. The zero-order valence-electron chi connectivity index (χ0n) is 13.8. The fraction of sp³-hybridized carbons (Fsp3) is 0.647. The van der Waals surface area contributed by atoms with Gasteiger partial charge in [-0.1, -0.05) is 19.1 Å².